The highest BCUT2D eigenvalue weighted by molar-refractivity contribution is 7.80. The first kappa shape index (κ1) is 20.3. The van der Waals surface area contributed by atoms with Crippen molar-refractivity contribution in [1.29, 1.82) is 0 Å². The minimum atomic E-state index is -0.496. The summed E-state index contributed by atoms with van der Waals surface area (Å²) in [4.78, 5) is 16.7. The topological polar surface area (TPSA) is 67.2 Å². The normalized spacial score (nSPS) is 10.8. The van der Waals surface area contributed by atoms with Crippen LogP contribution in [0.2, 0.25) is 10.0 Å². The van der Waals surface area contributed by atoms with E-state index in [2.05, 4.69) is 15.6 Å². The fraction of sp³-hybridized carbons (Fsp3) is 0. The Morgan fingerprint density at radius 3 is 2.67 bits per heavy atom. The molecule has 9 heteroatoms. The molecular formula is C21H12Cl2FN3O2S. The van der Waals surface area contributed by atoms with Crippen LogP contribution in [0.3, 0.4) is 0 Å². The van der Waals surface area contributed by atoms with Crippen molar-refractivity contribution in [2.45, 2.75) is 0 Å². The number of rotatable bonds is 3. The Hall–Kier alpha value is -3.00. The monoisotopic (exact) mass is 459 g/mol. The molecular weight excluding hydrogens is 448 g/mol. The summed E-state index contributed by atoms with van der Waals surface area (Å²) in [6, 6.07) is 16.0. The van der Waals surface area contributed by atoms with Gasteiger partial charge in [0.1, 0.15) is 11.3 Å². The van der Waals surface area contributed by atoms with E-state index in [0.29, 0.717) is 16.8 Å². The molecule has 0 radical (unpaired) electrons. The lowest BCUT2D eigenvalue weighted by molar-refractivity contribution is 0.0978. The number of benzene rings is 3. The lowest BCUT2D eigenvalue weighted by atomic mass is 10.2. The van der Waals surface area contributed by atoms with Gasteiger partial charge in [-0.25, -0.2) is 9.37 Å². The van der Waals surface area contributed by atoms with Gasteiger partial charge in [0, 0.05) is 5.69 Å². The van der Waals surface area contributed by atoms with E-state index in [4.69, 9.17) is 39.8 Å². The summed E-state index contributed by atoms with van der Waals surface area (Å²) < 4.78 is 19.6. The smallest absolute Gasteiger partial charge is 0.258 e. The van der Waals surface area contributed by atoms with Crippen LogP contribution < -0.4 is 10.6 Å². The number of fused-ring (bicyclic) bond motifs is 1. The van der Waals surface area contributed by atoms with Gasteiger partial charge in [-0.05, 0) is 54.7 Å². The summed E-state index contributed by atoms with van der Waals surface area (Å²) in [6.07, 6.45) is 0. The number of aromatic nitrogens is 1. The van der Waals surface area contributed by atoms with Crippen molar-refractivity contribution in [1.82, 2.24) is 10.3 Å². The lowest BCUT2D eigenvalue weighted by Gasteiger charge is -2.10. The Morgan fingerprint density at radius 2 is 1.87 bits per heavy atom. The van der Waals surface area contributed by atoms with Crippen molar-refractivity contribution in [3.05, 3.63) is 82.1 Å². The van der Waals surface area contributed by atoms with Crippen molar-refractivity contribution in [3.8, 4) is 11.5 Å². The number of carbonyl (C=O) groups excluding carboxylic acids is 1. The predicted molar refractivity (Wildman–Crippen MR) is 120 cm³/mol. The minimum Gasteiger partial charge on any atom is -0.436 e. The molecule has 0 aliphatic rings. The van der Waals surface area contributed by atoms with Gasteiger partial charge < -0.3 is 9.73 Å². The Balaban J connectivity index is 1.51. The number of thiocarbonyl (C=S) groups is 1. The predicted octanol–water partition coefficient (Wildman–Crippen LogP) is 6.07. The van der Waals surface area contributed by atoms with Gasteiger partial charge in [0.25, 0.3) is 5.91 Å². The molecule has 0 aliphatic heterocycles. The van der Waals surface area contributed by atoms with Crippen LogP contribution in [0.25, 0.3) is 22.6 Å². The summed E-state index contributed by atoms with van der Waals surface area (Å²) in [7, 11) is 0. The second-order valence-electron chi connectivity index (χ2n) is 6.19. The molecule has 1 aromatic heterocycles. The van der Waals surface area contributed by atoms with E-state index in [1.807, 2.05) is 0 Å². The number of hydrogen-bond acceptors (Lipinski definition) is 4. The van der Waals surface area contributed by atoms with Crippen molar-refractivity contribution >= 4 is 63.2 Å². The Bertz CT molecular complexity index is 1290. The van der Waals surface area contributed by atoms with E-state index in [0.717, 1.165) is 0 Å². The van der Waals surface area contributed by atoms with Crippen molar-refractivity contribution in [2.24, 2.45) is 0 Å². The third kappa shape index (κ3) is 4.14. The van der Waals surface area contributed by atoms with Gasteiger partial charge in [0.05, 0.1) is 21.2 Å². The lowest BCUT2D eigenvalue weighted by Crippen LogP contribution is -2.34. The number of carbonyl (C=O) groups is 1. The van der Waals surface area contributed by atoms with Gasteiger partial charge in [0.15, 0.2) is 10.7 Å². The third-order valence-electron chi connectivity index (χ3n) is 4.17. The number of oxazole rings is 1. The average Bonchev–Trinajstić information content (AvgIpc) is 3.13. The van der Waals surface area contributed by atoms with E-state index in [-0.39, 0.29) is 32.2 Å². The van der Waals surface area contributed by atoms with Gasteiger partial charge in [-0.15, -0.1) is 0 Å². The van der Waals surface area contributed by atoms with E-state index in [1.54, 1.807) is 48.5 Å². The first-order valence-electron chi connectivity index (χ1n) is 8.64. The molecule has 1 heterocycles. The molecule has 4 rings (SSSR count). The molecule has 0 aliphatic carbocycles. The summed E-state index contributed by atoms with van der Waals surface area (Å²) >= 11 is 17.2. The number of anilines is 1. The Kier molecular flexibility index (Phi) is 5.67. The molecule has 0 saturated heterocycles. The average molecular weight is 460 g/mol. The van der Waals surface area contributed by atoms with E-state index >= 15 is 0 Å². The van der Waals surface area contributed by atoms with Crippen LogP contribution in [-0.2, 0) is 0 Å². The van der Waals surface area contributed by atoms with Crippen LogP contribution in [0.4, 0.5) is 10.1 Å². The van der Waals surface area contributed by atoms with E-state index in [1.165, 1.54) is 12.1 Å². The van der Waals surface area contributed by atoms with Crippen LogP contribution in [0.5, 0.6) is 0 Å². The zero-order chi connectivity index (χ0) is 21.3. The molecule has 3 aromatic carbocycles. The van der Waals surface area contributed by atoms with E-state index < -0.39 is 11.7 Å². The van der Waals surface area contributed by atoms with Crippen LogP contribution >= 0.6 is 35.4 Å². The summed E-state index contributed by atoms with van der Waals surface area (Å²) in [5, 5.41) is 5.92. The molecule has 0 bridgehead atoms. The zero-order valence-corrected chi connectivity index (χ0v) is 17.4. The van der Waals surface area contributed by atoms with Gasteiger partial charge in [0.2, 0.25) is 5.89 Å². The van der Waals surface area contributed by atoms with Gasteiger partial charge in [-0.2, -0.15) is 0 Å². The fourth-order valence-corrected chi connectivity index (χ4v) is 3.36. The zero-order valence-electron chi connectivity index (χ0n) is 15.1. The summed E-state index contributed by atoms with van der Waals surface area (Å²) in [5.74, 6) is -0.748. The Morgan fingerprint density at radius 1 is 1.07 bits per heavy atom. The molecule has 2 N–H and O–H groups in total. The largest absolute Gasteiger partial charge is 0.436 e. The van der Waals surface area contributed by atoms with Gasteiger partial charge >= 0.3 is 0 Å². The molecule has 5 nitrogen and oxygen atoms in total. The number of nitrogens with zero attached hydrogens (tertiary/aromatic N) is 1. The molecule has 150 valence electrons. The van der Waals surface area contributed by atoms with E-state index in [9.17, 15) is 9.18 Å². The molecule has 1 amide bonds. The molecule has 30 heavy (non-hydrogen) atoms. The number of nitrogens with one attached hydrogen (secondary N) is 2. The van der Waals surface area contributed by atoms with Crippen LogP contribution in [-0.4, -0.2) is 16.0 Å². The number of amides is 1. The number of hydrogen-bond donors (Lipinski definition) is 2. The molecule has 0 unspecified atom stereocenters. The first-order valence-corrected chi connectivity index (χ1v) is 9.80. The second-order valence-corrected chi connectivity index (χ2v) is 7.38. The fourth-order valence-electron chi connectivity index (χ4n) is 2.77. The molecule has 0 atom stereocenters. The molecule has 4 aromatic rings. The van der Waals surface area contributed by atoms with Crippen LogP contribution in [0.1, 0.15) is 10.4 Å². The van der Waals surface area contributed by atoms with Crippen molar-refractivity contribution in [2.75, 3.05) is 5.32 Å². The van der Waals surface area contributed by atoms with Gasteiger partial charge in [-0.3, -0.25) is 10.1 Å². The maximum absolute atomic E-state index is 14.0. The molecule has 0 fully saturated rings. The maximum atomic E-state index is 14.0. The van der Waals surface area contributed by atoms with Crippen LogP contribution in [0.15, 0.2) is 65.1 Å². The third-order valence-corrected chi connectivity index (χ3v) is 5.20. The van der Waals surface area contributed by atoms with Crippen molar-refractivity contribution in [3.63, 3.8) is 0 Å². The van der Waals surface area contributed by atoms with Gasteiger partial charge in [-0.1, -0.05) is 41.4 Å². The minimum absolute atomic E-state index is 0.0632. The first-order chi connectivity index (χ1) is 14.4. The quantitative estimate of drug-likeness (QED) is 0.364. The maximum Gasteiger partial charge on any atom is 0.258 e. The molecule has 0 spiro atoms. The number of halogens is 3. The molecule has 0 saturated carbocycles. The highest BCUT2D eigenvalue weighted by Crippen LogP contribution is 2.28. The standard InChI is InChI=1S/C21H12Cl2FN3O2S/c22-14-6-3-5-13(18(14)23)19(28)27-21(30)25-11-8-9-17-16(10-11)26-20(29-17)12-4-1-2-7-15(12)24/h1-10H,(H2,25,27,28,30). The second kappa shape index (κ2) is 8.39. The van der Waals surface area contributed by atoms with Crippen molar-refractivity contribution < 1.29 is 13.6 Å². The highest BCUT2D eigenvalue weighted by atomic mass is 35.5. The Labute approximate surface area is 185 Å². The summed E-state index contributed by atoms with van der Waals surface area (Å²) in [6.45, 7) is 0. The van der Waals surface area contributed by atoms with Crippen LogP contribution in [0, 0.1) is 5.82 Å². The summed E-state index contributed by atoms with van der Waals surface area (Å²) in [5.41, 5.74) is 2.03. The highest BCUT2D eigenvalue weighted by Gasteiger charge is 2.15. The SMILES string of the molecule is O=C(NC(=S)Nc1ccc2oc(-c3ccccc3F)nc2c1)c1cccc(Cl)c1Cl.